The lowest BCUT2D eigenvalue weighted by Gasteiger charge is -2.27. The van der Waals surface area contributed by atoms with Crippen LogP contribution in [0.3, 0.4) is 0 Å². The van der Waals surface area contributed by atoms with Crippen LogP contribution in [0.4, 0.5) is 0 Å². The van der Waals surface area contributed by atoms with Crippen LogP contribution in [-0.4, -0.2) is 39.2 Å². The molecule has 0 saturated heterocycles. The molecule has 0 fully saturated rings. The van der Waals surface area contributed by atoms with Gasteiger partial charge in [0, 0.05) is 10.0 Å². The van der Waals surface area contributed by atoms with Crippen molar-refractivity contribution in [1.29, 1.82) is 0 Å². The molecule has 0 aliphatic heterocycles. The number of carboxylic acids is 2. The Balaban J connectivity index is 2.53. The SMILES string of the molecule is O=C(O)COc1ccc(Cl)c(C(c2cc(OCC(=O)O)ccc2Cl)C(Cl)(Cl)Cl)c1. The van der Waals surface area contributed by atoms with Gasteiger partial charge >= 0.3 is 11.9 Å². The molecule has 6 nitrogen and oxygen atoms in total. The van der Waals surface area contributed by atoms with Gasteiger partial charge in [-0.1, -0.05) is 58.0 Å². The summed E-state index contributed by atoms with van der Waals surface area (Å²) in [7, 11) is 0. The molecule has 0 atom stereocenters. The molecule has 0 unspecified atom stereocenters. The van der Waals surface area contributed by atoms with Crippen LogP contribution in [0.15, 0.2) is 36.4 Å². The van der Waals surface area contributed by atoms with Crippen molar-refractivity contribution in [2.24, 2.45) is 0 Å². The smallest absolute Gasteiger partial charge is 0.341 e. The fraction of sp³-hybridized carbons (Fsp3) is 0.222. The summed E-state index contributed by atoms with van der Waals surface area (Å²) in [5, 5.41) is 18.0. The van der Waals surface area contributed by atoms with Crippen LogP contribution >= 0.6 is 58.0 Å². The minimum absolute atomic E-state index is 0.195. The van der Waals surface area contributed by atoms with Gasteiger partial charge in [-0.3, -0.25) is 0 Å². The van der Waals surface area contributed by atoms with Crippen molar-refractivity contribution >= 4 is 69.9 Å². The van der Waals surface area contributed by atoms with Crippen molar-refractivity contribution in [3.8, 4) is 11.5 Å². The molecule has 11 heteroatoms. The number of benzene rings is 2. The van der Waals surface area contributed by atoms with Gasteiger partial charge < -0.3 is 19.7 Å². The van der Waals surface area contributed by atoms with Crippen LogP contribution in [-0.2, 0) is 9.59 Å². The van der Waals surface area contributed by atoms with E-state index < -0.39 is 34.9 Å². The number of ether oxygens (including phenoxy) is 2. The number of halogens is 5. The van der Waals surface area contributed by atoms with E-state index in [1.54, 1.807) is 0 Å². The van der Waals surface area contributed by atoms with E-state index in [9.17, 15) is 9.59 Å². The third kappa shape index (κ3) is 6.73. The fourth-order valence-corrected chi connectivity index (χ4v) is 3.63. The third-order valence-electron chi connectivity index (χ3n) is 3.61. The van der Waals surface area contributed by atoms with E-state index in [4.69, 9.17) is 77.7 Å². The molecule has 2 rings (SSSR count). The summed E-state index contributed by atoms with van der Waals surface area (Å²) in [4.78, 5) is 21.5. The number of aliphatic carboxylic acids is 2. The van der Waals surface area contributed by atoms with Gasteiger partial charge in [0.05, 0.1) is 5.92 Å². The number of carbonyl (C=O) groups is 2. The molecule has 0 heterocycles. The Labute approximate surface area is 190 Å². The van der Waals surface area contributed by atoms with Crippen molar-refractivity contribution < 1.29 is 29.3 Å². The van der Waals surface area contributed by atoms with Gasteiger partial charge in [0.25, 0.3) is 0 Å². The number of rotatable bonds is 8. The topological polar surface area (TPSA) is 93.1 Å². The quantitative estimate of drug-likeness (QED) is 0.468. The lowest BCUT2D eigenvalue weighted by molar-refractivity contribution is -0.140. The zero-order chi connectivity index (χ0) is 21.8. The van der Waals surface area contributed by atoms with Crippen molar-refractivity contribution in [2.45, 2.75) is 9.71 Å². The minimum atomic E-state index is -1.93. The third-order valence-corrected chi connectivity index (χ3v) is 4.95. The molecule has 0 saturated carbocycles. The molecule has 0 aliphatic rings. The molecule has 0 bridgehead atoms. The fourth-order valence-electron chi connectivity index (χ4n) is 2.48. The first-order valence-corrected chi connectivity index (χ1v) is 9.72. The molecule has 0 aliphatic carbocycles. The van der Waals surface area contributed by atoms with Crippen LogP contribution in [0.2, 0.25) is 10.0 Å². The highest BCUT2D eigenvalue weighted by molar-refractivity contribution is 6.68. The lowest BCUT2D eigenvalue weighted by atomic mass is 9.92. The highest BCUT2D eigenvalue weighted by atomic mass is 35.6. The molecular weight excluding hydrogens is 489 g/mol. The molecule has 29 heavy (non-hydrogen) atoms. The lowest BCUT2D eigenvalue weighted by Crippen LogP contribution is -2.20. The van der Waals surface area contributed by atoms with E-state index in [0.717, 1.165) is 0 Å². The standard InChI is InChI=1S/C18H13Cl5O6/c19-13-3-1-9(28-7-15(24)25)5-11(13)17(18(21,22)23)12-6-10(2-4-14(12)20)29-8-16(26)27/h1-6,17H,7-8H2,(H,24,25)(H,26,27). The number of hydrogen-bond acceptors (Lipinski definition) is 4. The Morgan fingerprint density at radius 2 is 1.21 bits per heavy atom. The summed E-state index contributed by atoms with van der Waals surface area (Å²) >= 11 is 31.3. The van der Waals surface area contributed by atoms with E-state index in [1.165, 1.54) is 36.4 Å². The van der Waals surface area contributed by atoms with E-state index in [1.807, 2.05) is 0 Å². The zero-order valence-corrected chi connectivity index (χ0v) is 18.2. The van der Waals surface area contributed by atoms with E-state index in [2.05, 4.69) is 0 Å². The molecule has 2 N–H and O–H groups in total. The summed E-state index contributed by atoms with van der Waals surface area (Å²) in [6.07, 6.45) is 0. The first-order valence-electron chi connectivity index (χ1n) is 7.84. The second kappa shape index (κ2) is 9.96. The van der Waals surface area contributed by atoms with Gasteiger partial charge in [-0.2, -0.15) is 0 Å². The van der Waals surface area contributed by atoms with Gasteiger partial charge in [0.1, 0.15) is 11.5 Å². The monoisotopic (exact) mass is 500 g/mol. The van der Waals surface area contributed by atoms with Crippen molar-refractivity contribution in [1.82, 2.24) is 0 Å². The number of alkyl halides is 3. The predicted octanol–water partition coefficient (Wildman–Crippen LogP) is 5.42. The van der Waals surface area contributed by atoms with Crippen LogP contribution in [0, 0.1) is 0 Å². The number of carboxylic acid groups (broad SMARTS) is 2. The Morgan fingerprint density at radius 1 is 0.828 bits per heavy atom. The molecule has 0 aromatic heterocycles. The average Bonchev–Trinajstić information content (AvgIpc) is 2.61. The van der Waals surface area contributed by atoms with Gasteiger partial charge in [0.2, 0.25) is 3.79 Å². The van der Waals surface area contributed by atoms with Gasteiger partial charge in [0.15, 0.2) is 13.2 Å². The Bertz CT molecular complexity index is 845. The van der Waals surface area contributed by atoms with E-state index in [-0.39, 0.29) is 21.5 Å². The van der Waals surface area contributed by atoms with Crippen LogP contribution in [0.1, 0.15) is 17.0 Å². The van der Waals surface area contributed by atoms with Gasteiger partial charge in [-0.15, -0.1) is 0 Å². The Kier molecular flexibility index (Phi) is 8.14. The first kappa shape index (κ1) is 23.7. The van der Waals surface area contributed by atoms with Crippen LogP contribution in [0.25, 0.3) is 0 Å². The maximum absolute atomic E-state index is 10.7. The maximum Gasteiger partial charge on any atom is 0.341 e. The summed E-state index contributed by atoms with van der Waals surface area (Å²) in [5.74, 6) is -2.94. The second-order valence-electron chi connectivity index (χ2n) is 5.71. The van der Waals surface area contributed by atoms with Crippen molar-refractivity contribution in [3.05, 3.63) is 57.6 Å². The second-order valence-corrected chi connectivity index (χ2v) is 8.89. The largest absolute Gasteiger partial charge is 0.482 e. The molecule has 156 valence electrons. The van der Waals surface area contributed by atoms with Gasteiger partial charge in [-0.05, 0) is 47.5 Å². The Hall–Kier alpha value is -1.57. The van der Waals surface area contributed by atoms with Crippen molar-refractivity contribution in [3.63, 3.8) is 0 Å². The summed E-state index contributed by atoms with van der Waals surface area (Å²) in [5.41, 5.74) is 0.624. The van der Waals surface area contributed by atoms with Crippen LogP contribution < -0.4 is 9.47 Å². The summed E-state index contributed by atoms with van der Waals surface area (Å²) in [6, 6.07) is 8.76. The molecule has 0 amide bonds. The average molecular weight is 503 g/mol. The highest BCUT2D eigenvalue weighted by Gasteiger charge is 2.38. The minimum Gasteiger partial charge on any atom is -0.482 e. The first-order chi connectivity index (χ1) is 13.5. The predicted molar refractivity (Wildman–Crippen MR) is 111 cm³/mol. The normalized spacial score (nSPS) is 11.4. The summed E-state index contributed by atoms with van der Waals surface area (Å²) in [6.45, 7) is -1.14. The zero-order valence-electron chi connectivity index (χ0n) is 14.4. The number of hydrogen-bond donors (Lipinski definition) is 2. The van der Waals surface area contributed by atoms with Gasteiger partial charge in [-0.25, -0.2) is 9.59 Å². The molecule has 2 aromatic rings. The maximum atomic E-state index is 10.7. The molecule has 0 spiro atoms. The molecule has 0 radical (unpaired) electrons. The highest BCUT2D eigenvalue weighted by Crippen LogP contribution is 2.50. The Morgan fingerprint density at radius 3 is 1.52 bits per heavy atom. The van der Waals surface area contributed by atoms with Crippen molar-refractivity contribution in [2.75, 3.05) is 13.2 Å². The molecular formula is C18H13Cl5O6. The van der Waals surface area contributed by atoms with Crippen LogP contribution in [0.5, 0.6) is 11.5 Å². The molecule has 2 aromatic carbocycles. The van der Waals surface area contributed by atoms with E-state index in [0.29, 0.717) is 11.1 Å². The van der Waals surface area contributed by atoms with E-state index >= 15 is 0 Å². The summed E-state index contributed by atoms with van der Waals surface area (Å²) < 4.78 is 8.41.